The Bertz CT molecular complexity index is 546. The van der Waals surface area contributed by atoms with Gasteiger partial charge in [-0.05, 0) is 36.3 Å². The van der Waals surface area contributed by atoms with Crippen LogP contribution in [0.1, 0.15) is 44.1 Å². The zero-order valence-electron chi connectivity index (χ0n) is 11.9. The highest BCUT2D eigenvalue weighted by molar-refractivity contribution is 6.32. The smallest absolute Gasteiger partial charge is 0.305 e. The minimum absolute atomic E-state index is 0.0645. The number of hydrogen-bond donors (Lipinski definition) is 0. The van der Waals surface area contributed by atoms with E-state index in [1.165, 1.54) is 0 Å². The van der Waals surface area contributed by atoms with Crippen molar-refractivity contribution in [1.29, 1.82) is 0 Å². The maximum Gasteiger partial charge on any atom is 0.305 e. The Morgan fingerprint density at radius 2 is 2.24 bits per heavy atom. The third-order valence-corrected chi connectivity index (χ3v) is 4.32. The lowest BCUT2D eigenvalue weighted by Gasteiger charge is -2.19. The van der Waals surface area contributed by atoms with Crippen LogP contribution in [0.3, 0.4) is 0 Å². The Morgan fingerprint density at radius 3 is 2.90 bits per heavy atom. The second kappa shape index (κ2) is 6.89. The highest BCUT2D eigenvalue weighted by Crippen LogP contribution is 2.41. The molecule has 0 amide bonds. The van der Waals surface area contributed by atoms with Crippen molar-refractivity contribution in [2.45, 2.75) is 38.5 Å². The van der Waals surface area contributed by atoms with Crippen LogP contribution in [0.25, 0.3) is 0 Å². The standard InChI is InChI=1S/C15H18ClNO4/c1-2-15(18)21-9-11-4-3-5-12(11)10-6-7-13(16)14(8-10)17(19)20/h6-8,11-12H,2-5,9H2,1H3. The number of nitro benzene ring substituents is 1. The molecule has 2 rings (SSSR count). The second-order valence-electron chi connectivity index (χ2n) is 5.30. The molecular weight excluding hydrogens is 294 g/mol. The first-order valence-corrected chi connectivity index (χ1v) is 7.50. The fraction of sp³-hybridized carbons (Fsp3) is 0.533. The van der Waals surface area contributed by atoms with E-state index < -0.39 is 4.92 Å². The van der Waals surface area contributed by atoms with Crippen molar-refractivity contribution >= 4 is 23.3 Å². The van der Waals surface area contributed by atoms with Crippen LogP contribution in [0.15, 0.2) is 18.2 Å². The lowest BCUT2D eigenvalue weighted by molar-refractivity contribution is -0.384. The lowest BCUT2D eigenvalue weighted by Crippen LogP contribution is -2.16. The number of carbonyl (C=O) groups is 1. The molecule has 1 aliphatic carbocycles. The molecular formula is C15H18ClNO4. The van der Waals surface area contributed by atoms with Gasteiger partial charge in [0.2, 0.25) is 0 Å². The maximum atomic E-state index is 11.3. The zero-order chi connectivity index (χ0) is 15.4. The summed E-state index contributed by atoms with van der Waals surface area (Å²) < 4.78 is 5.23. The van der Waals surface area contributed by atoms with Crippen LogP contribution < -0.4 is 0 Å². The molecule has 0 aromatic heterocycles. The third kappa shape index (κ3) is 3.73. The highest BCUT2D eigenvalue weighted by atomic mass is 35.5. The average Bonchev–Trinajstić information content (AvgIpc) is 2.93. The molecule has 2 atom stereocenters. The van der Waals surface area contributed by atoms with Crippen molar-refractivity contribution in [2.24, 2.45) is 5.92 Å². The number of nitrogens with zero attached hydrogens (tertiary/aromatic N) is 1. The van der Waals surface area contributed by atoms with Gasteiger partial charge in [-0.15, -0.1) is 0 Å². The van der Waals surface area contributed by atoms with Crippen molar-refractivity contribution < 1.29 is 14.5 Å². The van der Waals surface area contributed by atoms with Crippen LogP contribution >= 0.6 is 11.6 Å². The minimum atomic E-state index is -0.465. The summed E-state index contributed by atoms with van der Waals surface area (Å²) in [6.45, 7) is 2.14. The fourth-order valence-corrected chi connectivity index (χ4v) is 3.06. The van der Waals surface area contributed by atoms with Crippen molar-refractivity contribution in [3.63, 3.8) is 0 Å². The Morgan fingerprint density at radius 1 is 1.48 bits per heavy atom. The van der Waals surface area contributed by atoms with Gasteiger partial charge in [-0.3, -0.25) is 14.9 Å². The molecule has 0 N–H and O–H groups in total. The van der Waals surface area contributed by atoms with E-state index in [0.29, 0.717) is 13.0 Å². The SMILES string of the molecule is CCC(=O)OCC1CCCC1c1ccc(Cl)c([N+](=O)[O-])c1. The Kier molecular flexibility index (Phi) is 5.17. The maximum absolute atomic E-state index is 11.3. The molecule has 1 fully saturated rings. The van der Waals surface area contributed by atoms with Gasteiger partial charge in [0, 0.05) is 12.5 Å². The molecule has 1 aliphatic rings. The topological polar surface area (TPSA) is 69.4 Å². The van der Waals surface area contributed by atoms with Crippen molar-refractivity contribution in [1.82, 2.24) is 0 Å². The summed E-state index contributed by atoms with van der Waals surface area (Å²) in [5.74, 6) is 0.203. The van der Waals surface area contributed by atoms with Gasteiger partial charge in [-0.2, -0.15) is 0 Å². The first kappa shape index (κ1) is 15.8. The molecule has 0 saturated heterocycles. The normalized spacial score (nSPS) is 21.2. The number of carbonyl (C=O) groups excluding carboxylic acids is 1. The number of hydrogen-bond acceptors (Lipinski definition) is 4. The monoisotopic (exact) mass is 311 g/mol. The van der Waals surface area contributed by atoms with E-state index >= 15 is 0 Å². The summed E-state index contributed by atoms with van der Waals surface area (Å²) in [6.07, 6.45) is 3.32. The second-order valence-corrected chi connectivity index (χ2v) is 5.71. The van der Waals surface area contributed by atoms with E-state index in [-0.39, 0.29) is 28.5 Å². The van der Waals surface area contributed by atoms with Crippen molar-refractivity contribution in [3.8, 4) is 0 Å². The summed E-state index contributed by atoms with van der Waals surface area (Å²) in [4.78, 5) is 21.8. The molecule has 6 heteroatoms. The summed E-state index contributed by atoms with van der Waals surface area (Å²) in [6, 6.07) is 4.95. The minimum Gasteiger partial charge on any atom is -0.465 e. The summed E-state index contributed by atoms with van der Waals surface area (Å²) >= 11 is 5.84. The molecule has 0 radical (unpaired) electrons. The average molecular weight is 312 g/mol. The molecule has 1 saturated carbocycles. The fourth-order valence-electron chi connectivity index (χ4n) is 2.88. The predicted molar refractivity (Wildman–Crippen MR) is 79.4 cm³/mol. The van der Waals surface area contributed by atoms with Crippen LogP contribution in [-0.4, -0.2) is 17.5 Å². The van der Waals surface area contributed by atoms with Gasteiger partial charge in [-0.25, -0.2) is 0 Å². The number of nitro groups is 1. The van der Waals surface area contributed by atoms with Gasteiger partial charge >= 0.3 is 5.97 Å². The molecule has 114 valence electrons. The van der Waals surface area contributed by atoms with E-state index in [2.05, 4.69) is 0 Å². The number of rotatable bonds is 5. The molecule has 0 spiro atoms. The predicted octanol–water partition coefficient (Wildman–Crippen LogP) is 4.09. The van der Waals surface area contributed by atoms with E-state index in [1.54, 1.807) is 19.1 Å². The van der Waals surface area contributed by atoms with E-state index in [1.807, 2.05) is 6.07 Å². The molecule has 0 bridgehead atoms. The summed E-state index contributed by atoms with van der Waals surface area (Å²) in [5.41, 5.74) is 0.839. The quantitative estimate of drug-likeness (QED) is 0.466. The number of benzene rings is 1. The first-order valence-electron chi connectivity index (χ1n) is 7.12. The third-order valence-electron chi connectivity index (χ3n) is 4.00. The highest BCUT2D eigenvalue weighted by Gasteiger charge is 2.31. The van der Waals surface area contributed by atoms with Gasteiger partial charge < -0.3 is 4.74 Å². The van der Waals surface area contributed by atoms with Gasteiger partial charge in [0.25, 0.3) is 5.69 Å². The van der Waals surface area contributed by atoms with E-state index in [0.717, 1.165) is 24.8 Å². The van der Waals surface area contributed by atoms with Crippen LogP contribution in [0.2, 0.25) is 5.02 Å². The molecule has 1 aromatic rings. The largest absolute Gasteiger partial charge is 0.465 e. The Hall–Kier alpha value is -1.62. The first-order chi connectivity index (χ1) is 10.0. The van der Waals surface area contributed by atoms with Gasteiger partial charge in [0.05, 0.1) is 11.5 Å². The summed E-state index contributed by atoms with van der Waals surface area (Å²) in [5, 5.41) is 11.1. The number of halogens is 1. The molecule has 5 nitrogen and oxygen atoms in total. The molecule has 2 unspecified atom stereocenters. The molecule has 1 aromatic carbocycles. The Labute approximate surface area is 128 Å². The Balaban J connectivity index is 2.14. The number of ether oxygens (including phenoxy) is 1. The molecule has 21 heavy (non-hydrogen) atoms. The van der Waals surface area contributed by atoms with Crippen LogP contribution in [0.5, 0.6) is 0 Å². The van der Waals surface area contributed by atoms with Crippen LogP contribution in [0.4, 0.5) is 5.69 Å². The zero-order valence-corrected chi connectivity index (χ0v) is 12.6. The van der Waals surface area contributed by atoms with E-state index in [4.69, 9.17) is 16.3 Å². The van der Waals surface area contributed by atoms with Crippen LogP contribution in [0, 0.1) is 16.0 Å². The molecule has 0 aliphatic heterocycles. The lowest BCUT2D eigenvalue weighted by atomic mass is 9.89. The molecule has 0 heterocycles. The van der Waals surface area contributed by atoms with Crippen LogP contribution in [-0.2, 0) is 9.53 Å². The van der Waals surface area contributed by atoms with Gasteiger partial charge in [0.1, 0.15) is 5.02 Å². The summed E-state index contributed by atoms with van der Waals surface area (Å²) in [7, 11) is 0. The number of esters is 1. The van der Waals surface area contributed by atoms with E-state index in [9.17, 15) is 14.9 Å². The van der Waals surface area contributed by atoms with Gasteiger partial charge in [0.15, 0.2) is 0 Å². The van der Waals surface area contributed by atoms with Gasteiger partial charge in [-0.1, -0.05) is 31.0 Å². The van der Waals surface area contributed by atoms with Crippen molar-refractivity contribution in [3.05, 3.63) is 38.9 Å². The van der Waals surface area contributed by atoms with Crippen molar-refractivity contribution in [2.75, 3.05) is 6.61 Å².